The van der Waals surface area contributed by atoms with Crippen LogP contribution in [-0.4, -0.2) is 124 Å². The summed E-state index contributed by atoms with van der Waals surface area (Å²) in [5.41, 5.74) is 0. The van der Waals surface area contributed by atoms with Crippen LogP contribution in [-0.2, 0) is 23.7 Å². The van der Waals surface area contributed by atoms with Gasteiger partial charge in [0.05, 0.1) is 13.2 Å². The fraction of sp³-hybridized carbons (Fsp3) is 0.929. The van der Waals surface area contributed by atoms with Crippen LogP contribution in [0.1, 0.15) is 0 Å². The summed E-state index contributed by atoms with van der Waals surface area (Å²) in [6, 6.07) is 0. The number of carbonyl (C=O) groups excluding carboxylic acids is 1. The van der Waals surface area contributed by atoms with E-state index >= 15 is 0 Å². The van der Waals surface area contributed by atoms with Gasteiger partial charge in [-0.15, -0.1) is 0 Å². The molecule has 0 aromatic carbocycles. The average molecular weight is 386 g/mol. The third-order valence-corrected chi connectivity index (χ3v) is 3.99. The van der Waals surface area contributed by atoms with E-state index in [0.717, 1.165) is 0 Å². The van der Waals surface area contributed by atoms with Crippen molar-refractivity contribution < 1.29 is 59.5 Å². The molecular formula is C14H26O12. The monoisotopic (exact) mass is 386 g/mol. The summed E-state index contributed by atoms with van der Waals surface area (Å²) in [5, 5.41) is 63.6. The van der Waals surface area contributed by atoms with Crippen molar-refractivity contribution in [2.75, 3.05) is 27.4 Å². The Morgan fingerprint density at radius 3 is 1.73 bits per heavy atom. The number of methoxy groups -OCH3 is 2. The maximum Gasteiger partial charge on any atom is 0.197 e. The molecule has 0 aromatic heterocycles. The third-order valence-electron chi connectivity index (χ3n) is 3.99. The van der Waals surface area contributed by atoms with Crippen molar-refractivity contribution in [3.8, 4) is 0 Å². The molecule has 26 heavy (non-hydrogen) atoms. The highest BCUT2D eigenvalue weighted by Crippen LogP contribution is 2.21. The van der Waals surface area contributed by atoms with E-state index in [4.69, 9.17) is 24.4 Å². The fourth-order valence-electron chi connectivity index (χ4n) is 2.40. The van der Waals surface area contributed by atoms with E-state index in [1.54, 1.807) is 0 Å². The smallest absolute Gasteiger partial charge is 0.197 e. The van der Waals surface area contributed by atoms with Gasteiger partial charge in [0.2, 0.25) is 0 Å². The van der Waals surface area contributed by atoms with Crippen molar-refractivity contribution in [2.45, 2.75) is 55.3 Å². The molecule has 2 fully saturated rings. The number of aliphatic hydroxyl groups excluding tert-OH is 7. The molecule has 2 saturated heterocycles. The number of Topliss-reactive ketones (excluding diaryl/α,β-unsaturated/α-hetero) is 1. The van der Waals surface area contributed by atoms with Gasteiger partial charge in [-0.1, -0.05) is 0 Å². The number of carbonyl (C=O) groups is 1. The molecule has 4 unspecified atom stereocenters. The number of hydrogen-bond acceptors (Lipinski definition) is 12. The van der Waals surface area contributed by atoms with Gasteiger partial charge >= 0.3 is 0 Å². The molecule has 0 saturated carbocycles. The van der Waals surface area contributed by atoms with Crippen LogP contribution in [0.5, 0.6) is 0 Å². The molecule has 0 aromatic rings. The average Bonchev–Trinajstić information content (AvgIpc) is 2.65. The summed E-state index contributed by atoms with van der Waals surface area (Å²) in [7, 11) is 2.56. The summed E-state index contributed by atoms with van der Waals surface area (Å²) >= 11 is 0. The Morgan fingerprint density at radius 1 is 0.769 bits per heavy atom. The molecule has 2 aliphatic rings. The summed E-state index contributed by atoms with van der Waals surface area (Å²) in [6.07, 6.45) is -11.0. The summed E-state index contributed by atoms with van der Waals surface area (Å²) in [5.74, 6) is -0.794. The lowest BCUT2D eigenvalue weighted by Gasteiger charge is -2.38. The maximum atomic E-state index is 11.1. The van der Waals surface area contributed by atoms with Crippen LogP contribution >= 0.6 is 0 Å². The van der Waals surface area contributed by atoms with E-state index in [9.17, 15) is 30.3 Å². The second-order valence-electron chi connectivity index (χ2n) is 5.69. The van der Waals surface area contributed by atoms with Crippen LogP contribution in [0.4, 0.5) is 0 Å². The van der Waals surface area contributed by atoms with Crippen molar-refractivity contribution in [3.63, 3.8) is 0 Å². The molecule has 0 amide bonds. The largest absolute Gasteiger partial charge is 0.394 e. The first-order valence-corrected chi connectivity index (χ1v) is 7.75. The Labute approximate surface area is 149 Å². The standard InChI is InChI=1S/C7H14O6.C7H12O6/c2*1-12-7-6(11)5(10)4(9)3(2-8)13-7/h3-11H,2H2,1H3;3-4,6-9,11H,2H2,1H3/t3?,4-,5+,6?,7+;3?,4-,6?,7+/m11/s1. The van der Waals surface area contributed by atoms with Gasteiger partial charge in [0, 0.05) is 14.2 Å². The van der Waals surface area contributed by atoms with Crippen LogP contribution in [0.2, 0.25) is 0 Å². The van der Waals surface area contributed by atoms with Gasteiger partial charge in [-0.05, 0) is 0 Å². The minimum Gasteiger partial charge on any atom is -0.394 e. The van der Waals surface area contributed by atoms with Gasteiger partial charge in [-0.2, -0.15) is 0 Å². The Kier molecular flexibility index (Phi) is 9.43. The molecule has 12 nitrogen and oxygen atoms in total. The molecule has 2 heterocycles. The molecule has 0 aliphatic carbocycles. The third kappa shape index (κ3) is 5.15. The van der Waals surface area contributed by atoms with Crippen LogP contribution < -0.4 is 0 Å². The molecule has 0 radical (unpaired) electrons. The highest BCUT2D eigenvalue weighted by Gasteiger charge is 2.44. The van der Waals surface area contributed by atoms with Crippen LogP contribution in [0.25, 0.3) is 0 Å². The van der Waals surface area contributed by atoms with Crippen molar-refractivity contribution in [1.29, 1.82) is 0 Å². The Bertz CT molecular complexity index is 396. The number of hydrogen-bond donors (Lipinski definition) is 7. The minimum atomic E-state index is -1.50. The summed E-state index contributed by atoms with van der Waals surface area (Å²) in [4.78, 5) is 11.1. The first kappa shape index (κ1) is 23.3. The van der Waals surface area contributed by atoms with Crippen molar-refractivity contribution >= 4 is 5.78 Å². The van der Waals surface area contributed by atoms with Crippen LogP contribution in [0, 0.1) is 0 Å². The predicted molar refractivity (Wildman–Crippen MR) is 80.6 cm³/mol. The van der Waals surface area contributed by atoms with Gasteiger partial charge in [-0.25, -0.2) is 0 Å². The lowest BCUT2D eigenvalue weighted by atomic mass is 9.99. The SMILES string of the molecule is CO[C@H]1OC(CO)[C@@H](O)C(=O)C1O.CO[C@H]1OC(CO)[C@@H](O)[C@H](O)C1O. The topological polar surface area (TPSA) is 196 Å². The van der Waals surface area contributed by atoms with E-state index < -0.39 is 74.3 Å². The molecule has 0 bridgehead atoms. The zero-order chi connectivity index (χ0) is 20.0. The molecule has 2 aliphatic heterocycles. The fourth-order valence-corrected chi connectivity index (χ4v) is 2.40. The highest BCUT2D eigenvalue weighted by molar-refractivity contribution is 5.88. The summed E-state index contributed by atoms with van der Waals surface area (Å²) < 4.78 is 19.2. The second kappa shape index (κ2) is 10.5. The second-order valence-corrected chi connectivity index (χ2v) is 5.69. The van der Waals surface area contributed by atoms with Crippen LogP contribution in [0.3, 0.4) is 0 Å². The van der Waals surface area contributed by atoms with Crippen molar-refractivity contribution in [3.05, 3.63) is 0 Å². The Balaban J connectivity index is 0.000000260. The van der Waals surface area contributed by atoms with Gasteiger partial charge in [0.15, 0.2) is 24.5 Å². The minimum absolute atomic E-state index is 0.440. The molecule has 154 valence electrons. The maximum absolute atomic E-state index is 11.1. The normalized spacial score (nSPS) is 43.6. The molecular weight excluding hydrogens is 360 g/mol. The Hall–Kier alpha value is -0.770. The van der Waals surface area contributed by atoms with Gasteiger partial charge in [0.25, 0.3) is 0 Å². The predicted octanol–water partition coefficient (Wildman–Crippen LogP) is -4.93. The van der Waals surface area contributed by atoms with E-state index in [1.165, 1.54) is 14.2 Å². The number of ether oxygens (including phenoxy) is 4. The highest BCUT2D eigenvalue weighted by atomic mass is 16.7. The van der Waals surface area contributed by atoms with Gasteiger partial charge in [-0.3, -0.25) is 4.79 Å². The first-order valence-electron chi connectivity index (χ1n) is 7.75. The molecule has 9 atom stereocenters. The van der Waals surface area contributed by atoms with Crippen LogP contribution in [0.15, 0.2) is 0 Å². The zero-order valence-electron chi connectivity index (χ0n) is 14.3. The van der Waals surface area contributed by atoms with E-state index in [0.29, 0.717) is 0 Å². The molecule has 0 spiro atoms. The van der Waals surface area contributed by atoms with Crippen molar-refractivity contribution in [1.82, 2.24) is 0 Å². The van der Waals surface area contributed by atoms with E-state index in [-0.39, 0.29) is 0 Å². The Morgan fingerprint density at radius 2 is 1.27 bits per heavy atom. The quantitative estimate of drug-likeness (QED) is 0.243. The van der Waals surface area contributed by atoms with E-state index in [1.807, 2.05) is 0 Å². The van der Waals surface area contributed by atoms with Crippen molar-refractivity contribution in [2.24, 2.45) is 0 Å². The number of aliphatic hydroxyl groups is 7. The van der Waals surface area contributed by atoms with E-state index in [2.05, 4.69) is 4.74 Å². The molecule has 7 N–H and O–H groups in total. The lowest BCUT2D eigenvalue weighted by Crippen LogP contribution is -2.58. The number of rotatable bonds is 4. The summed E-state index contributed by atoms with van der Waals surface area (Å²) in [6.45, 7) is -0.940. The molecule has 12 heteroatoms. The van der Waals surface area contributed by atoms with Gasteiger partial charge < -0.3 is 54.7 Å². The lowest BCUT2D eigenvalue weighted by molar-refractivity contribution is -0.294. The first-order chi connectivity index (χ1) is 12.2. The number of ketones is 1. The zero-order valence-corrected chi connectivity index (χ0v) is 14.3. The van der Waals surface area contributed by atoms with Gasteiger partial charge in [0.1, 0.15) is 36.6 Å². The molecule has 2 rings (SSSR count).